The van der Waals surface area contributed by atoms with Crippen LogP contribution >= 0.6 is 0 Å². The first-order chi connectivity index (χ1) is 10.5. The molecule has 0 spiro atoms. The van der Waals surface area contributed by atoms with Crippen molar-refractivity contribution in [3.8, 4) is 0 Å². The lowest BCUT2D eigenvalue weighted by Crippen LogP contribution is -2.23. The Labute approximate surface area is 128 Å². The standard InChI is InChI=1S/C16H18N4O2/c1-10(2)11-4-5-14-12(6-11)13(8-22-14)16(21)17-7-15-18-9-20(3)19-15/h4-6,8-10H,7H2,1-3H3,(H,17,21). The zero-order chi connectivity index (χ0) is 15.7. The Kier molecular flexibility index (Phi) is 3.66. The van der Waals surface area contributed by atoms with Gasteiger partial charge in [-0.3, -0.25) is 9.48 Å². The highest BCUT2D eigenvalue weighted by Gasteiger charge is 2.15. The highest BCUT2D eigenvalue weighted by molar-refractivity contribution is 6.06. The number of carbonyl (C=O) groups is 1. The van der Waals surface area contributed by atoms with E-state index in [0.29, 0.717) is 22.9 Å². The summed E-state index contributed by atoms with van der Waals surface area (Å²) in [4.78, 5) is 16.4. The van der Waals surface area contributed by atoms with Gasteiger partial charge in [0.25, 0.3) is 5.91 Å². The second-order valence-corrected chi connectivity index (χ2v) is 5.58. The largest absolute Gasteiger partial charge is 0.463 e. The van der Waals surface area contributed by atoms with Crippen molar-refractivity contribution < 1.29 is 9.21 Å². The maximum absolute atomic E-state index is 12.3. The van der Waals surface area contributed by atoms with E-state index in [-0.39, 0.29) is 12.5 Å². The summed E-state index contributed by atoms with van der Waals surface area (Å²) in [6, 6.07) is 5.94. The van der Waals surface area contributed by atoms with Crippen LogP contribution < -0.4 is 5.32 Å². The van der Waals surface area contributed by atoms with Gasteiger partial charge >= 0.3 is 0 Å². The molecule has 0 radical (unpaired) electrons. The Morgan fingerprint density at radius 3 is 2.91 bits per heavy atom. The summed E-state index contributed by atoms with van der Waals surface area (Å²) in [5.41, 5.74) is 2.42. The molecule has 0 atom stereocenters. The quantitative estimate of drug-likeness (QED) is 0.803. The number of furan rings is 1. The van der Waals surface area contributed by atoms with E-state index in [2.05, 4.69) is 29.2 Å². The van der Waals surface area contributed by atoms with E-state index in [4.69, 9.17) is 4.42 Å². The van der Waals surface area contributed by atoms with Crippen molar-refractivity contribution >= 4 is 16.9 Å². The highest BCUT2D eigenvalue weighted by atomic mass is 16.3. The summed E-state index contributed by atoms with van der Waals surface area (Å²) in [7, 11) is 1.79. The second kappa shape index (κ2) is 5.63. The van der Waals surface area contributed by atoms with E-state index in [9.17, 15) is 4.79 Å². The van der Waals surface area contributed by atoms with Gasteiger partial charge in [-0.2, -0.15) is 5.10 Å². The summed E-state index contributed by atoms with van der Waals surface area (Å²) < 4.78 is 7.07. The molecule has 114 valence electrons. The van der Waals surface area contributed by atoms with Gasteiger partial charge in [-0.05, 0) is 23.6 Å². The van der Waals surface area contributed by atoms with Crippen molar-refractivity contribution in [1.82, 2.24) is 20.1 Å². The summed E-state index contributed by atoms with van der Waals surface area (Å²) >= 11 is 0. The number of nitrogens with one attached hydrogen (secondary N) is 1. The van der Waals surface area contributed by atoms with Crippen molar-refractivity contribution in [2.75, 3.05) is 0 Å². The fourth-order valence-electron chi connectivity index (χ4n) is 2.30. The predicted octanol–water partition coefficient (Wildman–Crippen LogP) is 2.61. The zero-order valence-electron chi connectivity index (χ0n) is 12.8. The first-order valence-electron chi connectivity index (χ1n) is 7.18. The average molecular weight is 298 g/mol. The first kappa shape index (κ1) is 14.3. The molecule has 0 unspecified atom stereocenters. The molecular weight excluding hydrogens is 280 g/mol. The molecule has 1 aromatic carbocycles. The van der Waals surface area contributed by atoms with Crippen LogP contribution in [0.25, 0.3) is 11.0 Å². The maximum Gasteiger partial charge on any atom is 0.255 e. The molecule has 6 heteroatoms. The number of nitrogens with zero attached hydrogens (tertiary/aromatic N) is 3. The zero-order valence-corrected chi connectivity index (χ0v) is 12.8. The molecule has 2 aromatic heterocycles. The Hall–Kier alpha value is -2.63. The topological polar surface area (TPSA) is 73.0 Å². The number of carbonyl (C=O) groups excluding carboxylic acids is 1. The molecule has 1 amide bonds. The minimum absolute atomic E-state index is 0.188. The van der Waals surface area contributed by atoms with Crippen LogP contribution in [0.2, 0.25) is 0 Å². The fourth-order valence-corrected chi connectivity index (χ4v) is 2.30. The van der Waals surface area contributed by atoms with Gasteiger partial charge in [0.2, 0.25) is 0 Å². The van der Waals surface area contributed by atoms with Crippen molar-refractivity contribution in [3.05, 3.63) is 47.7 Å². The van der Waals surface area contributed by atoms with Gasteiger partial charge in [0, 0.05) is 12.4 Å². The summed E-state index contributed by atoms with van der Waals surface area (Å²) in [6.07, 6.45) is 3.10. The molecule has 0 aliphatic carbocycles. The number of rotatable bonds is 4. The summed E-state index contributed by atoms with van der Waals surface area (Å²) in [5, 5.41) is 7.78. The molecule has 0 saturated carbocycles. The van der Waals surface area contributed by atoms with Crippen LogP contribution in [-0.2, 0) is 13.6 Å². The van der Waals surface area contributed by atoms with Gasteiger partial charge in [0.05, 0.1) is 12.1 Å². The summed E-state index contributed by atoms with van der Waals surface area (Å²) in [5.74, 6) is 0.784. The molecule has 0 saturated heterocycles. The van der Waals surface area contributed by atoms with Crippen LogP contribution in [0.5, 0.6) is 0 Å². The van der Waals surface area contributed by atoms with Gasteiger partial charge < -0.3 is 9.73 Å². The van der Waals surface area contributed by atoms with Gasteiger partial charge in [-0.15, -0.1) is 0 Å². The van der Waals surface area contributed by atoms with Crippen LogP contribution in [0.4, 0.5) is 0 Å². The fraction of sp³-hybridized carbons (Fsp3) is 0.312. The maximum atomic E-state index is 12.3. The number of amides is 1. The molecule has 2 heterocycles. The normalized spacial score (nSPS) is 11.3. The van der Waals surface area contributed by atoms with Gasteiger partial charge in [-0.1, -0.05) is 19.9 Å². The SMILES string of the molecule is CC(C)c1ccc2occ(C(=O)NCc3ncn(C)n3)c2c1. The molecule has 1 N–H and O–H groups in total. The van der Waals surface area contributed by atoms with Gasteiger partial charge in [-0.25, -0.2) is 4.98 Å². The number of aryl methyl sites for hydroxylation is 1. The highest BCUT2D eigenvalue weighted by Crippen LogP contribution is 2.25. The van der Waals surface area contributed by atoms with Crippen molar-refractivity contribution in [2.45, 2.75) is 26.3 Å². The average Bonchev–Trinajstić information content (AvgIpc) is 3.10. The summed E-state index contributed by atoms with van der Waals surface area (Å²) in [6.45, 7) is 4.53. The second-order valence-electron chi connectivity index (χ2n) is 5.58. The molecule has 0 aliphatic rings. The van der Waals surface area contributed by atoms with Crippen LogP contribution in [0, 0.1) is 0 Å². The lowest BCUT2D eigenvalue weighted by Gasteiger charge is -2.05. The van der Waals surface area contributed by atoms with E-state index < -0.39 is 0 Å². The minimum atomic E-state index is -0.188. The third-order valence-corrected chi connectivity index (χ3v) is 3.56. The lowest BCUT2D eigenvalue weighted by molar-refractivity contribution is 0.0950. The molecule has 0 fully saturated rings. The van der Waals surface area contributed by atoms with Crippen LogP contribution in [0.1, 0.15) is 41.5 Å². The Balaban J connectivity index is 1.82. The molecule has 6 nitrogen and oxygen atoms in total. The van der Waals surface area contributed by atoms with E-state index in [1.165, 1.54) is 11.8 Å². The van der Waals surface area contributed by atoms with Crippen LogP contribution in [-0.4, -0.2) is 20.7 Å². The Bertz CT molecular complexity index is 817. The number of hydrogen-bond donors (Lipinski definition) is 1. The van der Waals surface area contributed by atoms with Crippen molar-refractivity contribution in [1.29, 1.82) is 0 Å². The smallest absolute Gasteiger partial charge is 0.255 e. The monoisotopic (exact) mass is 298 g/mol. The third kappa shape index (κ3) is 2.72. The number of fused-ring (bicyclic) bond motifs is 1. The molecule has 0 bridgehead atoms. The van der Waals surface area contributed by atoms with Crippen molar-refractivity contribution in [3.63, 3.8) is 0 Å². The lowest BCUT2D eigenvalue weighted by atomic mass is 10.0. The van der Waals surface area contributed by atoms with Crippen LogP contribution in [0.3, 0.4) is 0 Å². The predicted molar refractivity (Wildman–Crippen MR) is 82.5 cm³/mol. The van der Waals surface area contributed by atoms with E-state index in [0.717, 1.165) is 5.39 Å². The van der Waals surface area contributed by atoms with Gasteiger partial charge in [0.15, 0.2) is 5.82 Å². The van der Waals surface area contributed by atoms with Crippen LogP contribution in [0.15, 0.2) is 35.2 Å². The third-order valence-electron chi connectivity index (χ3n) is 3.56. The Morgan fingerprint density at radius 1 is 1.41 bits per heavy atom. The van der Waals surface area contributed by atoms with E-state index >= 15 is 0 Å². The van der Waals surface area contributed by atoms with Crippen molar-refractivity contribution in [2.24, 2.45) is 7.05 Å². The van der Waals surface area contributed by atoms with E-state index in [1.807, 2.05) is 18.2 Å². The molecule has 22 heavy (non-hydrogen) atoms. The molecule has 0 aliphatic heterocycles. The first-order valence-corrected chi connectivity index (χ1v) is 7.18. The molecule has 3 aromatic rings. The number of hydrogen-bond acceptors (Lipinski definition) is 4. The van der Waals surface area contributed by atoms with Gasteiger partial charge in [0.1, 0.15) is 18.2 Å². The number of benzene rings is 1. The Morgan fingerprint density at radius 2 is 2.23 bits per heavy atom. The molecule has 3 rings (SSSR count). The number of aromatic nitrogens is 3. The molecular formula is C16H18N4O2. The van der Waals surface area contributed by atoms with E-state index in [1.54, 1.807) is 18.1 Å². The minimum Gasteiger partial charge on any atom is -0.463 e.